The molecular formula is C19H16S. The van der Waals surface area contributed by atoms with E-state index in [-0.39, 0.29) is 0 Å². The van der Waals surface area contributed by atoms with Gasteiger partial charge in [0.1, 0.15) is 0 Å². The van der Waals surface area contributed by atoms with Crippen molar-refractivity contribution in [1.29, 1.82) is 0 Å². The van der Waals surface area contributed by atoms with E-state index in [9.17, 15) is 0 Å². The fourth-order valence-corrected chi connectivity index (χ4v) is 4.15. The molecule has 98 valence electrons. The zero-order valence-corrected chi connectivity index (χ0v) is 12.6. The number of benzene rings is 2. The van der Waals surface area contributed by atoms with Crippen molar-refractivity contribution in [3.8, 4) is 21.6 Å². The van der Waals surface area contributed by atoms with E-state index in [0.29, 0.717) is 0 Å². The van der Waals surface area contributed by atoms with E-state index in [1.807, 2.05) is 11.3 Å². The Morgan fingerprint density at radius 1 is 0.900 bits per heavy atom. The summed E-state index contributed by atoms with van der Waals surface area (Å²) in [5.41, 5.74) is 9.93. The van der Waals surface area contributed by atoms with Gasteiger partial charge in [0.05, 0.1) is 0 Å². The number of hydrogen-bond donors (Lipinski definition) is 0. The van der Waals surface area contributed by atoms with Crippen LogP contribution in [0.4, 0.5) is 0 Å². The maximum Gasteiger partial charge on any atom is 0.0374 e. The molecular weight excluding hydrogens is 260 g/mol. The van der Waals surface area contributed by atoms with Crippen LogP contribution in [0.5, 0.6) is 0 Å². The molecule has 0 atom stereocenters. The van der Waals surface area contributed by atoms with Crippen LogP contribution in [0.15, 0.2) is 47.8 Å². The first-order chi connectivity index (χ1) is 9.74. The lowest BCUT2D eigenvalue weighted by atomic mass is 10.0. The van der Waals surface area contributed by atoms with Crippen molar-refractivity contribution in [2.24, 2.45) is 0 Å². The van der Waals surface area contributed by atoms with E-state index in [1.54, 1.807) is 0 Å². The maximum atomic E-state index is 2.38. The summed E-state index contributed by atoms with van der Waals surface area (Å²) in [4.78, 5) is 1.42. The standard InChI is InChI=1S/C19H16S/c1-12-11-20-19(13(12)2)15-7-8-18-16(10-15)9-14-5-3-4-6-17(14)18/h3-8,10-11H,9H2,1-2H3. The number of hydrogen-bond acceptors (Lipinski definition) is 1. The average Bonchev–Trinajstić information content (AvgIpc) is 2.99. The normalized spacial score (nSPS) is 12.3. The molecule has 3 aromatic rings. The van der Waals surface area contributed by atoms with Gasteiger partial charge in [0.2, 0.25) is 0 Å². The fourth-order valence-electron chi connectivity index (χ4n) is 3.07. The largest absolute Gasteiger partial charge is 0.143 e. The Hall–Kier alpha value is -1.86. The summed E-state index contributed by atoms with van der Waals surface area (Å²) in [5, 5.41) is 2.26. The van der Waals surface area contributed by atoms with Gasteiger partial charge in [-0.15, -0.1) is 11.3 Å². The van der Waals surface area contributed by atoms with Gasteiger partial charge in [-0.3, -0.25) is 0 Å². The zero-order valence-electron chi connectivity index (χ0n) is 11.7. The van der Waals surface area contributed by atoms with Gasteiger partial charge >= 0.3 is 0 Å². The van der Waals surface area contributed by atoms with Crippen molar-refractivity contribution < 1.29 is 0 Å². The summed E-state index contributed by atoms with van der Waals surface area (Å²) in [7, 11) is 0. The van der Waals surface area contributed by atoms with Gasteiger partial charge in [0, 0.05) is 4.88 Å². The highest BCUT2D eigenvalue weighted by molar-refractivity contribution is 7.13. The third-order valence-corrected chi connectivity index (χ3v) is 5.59. The first-order valence-electron chi connectivity index (χ1n) is 7.00. The van der Waals surface area contributed by atoms with Crippen LogP contribution in [0.2, 0.25) is 0 Å². The molecule has 0 saturated heterocycles. The van der Waals surface area contributed by atoms with Gasteiger partial charge in [-0.2, -0.15) is 0 Å². The molecule has 20 heavy (non-hydrogen) atoms. The van der Waals surface area contributed by atoms with Crippen molar-refractivity contribution in [2.45, 2.75) is 20.3 Å². The summed E-state index contributed by atoms with van der Waals surface area (Å²) >= 11 is 1.86. The molecule has 0 aliphatic heterocycles. The van der Waals surface area contributed by atoms with Crippen LogP contribution < -0.4 is 0 Å². The molecule has 0 nitrogen and oxygen atoms in total. The second kappa shape index (κ2) is 4.32. The Bertz CT molecular complexity index is 808. The summed E-state index contributed by atoms with van der Waals surface area (Å²) < 4.78 is 0. The topological polar surface area (TPSA) is 0 Å². The van der Waals surface area contributed by atoms with Crippen molar-refractivity contribution in [3.05, 3.63) is 70.1 Å². The summed E-state index contributed by atoms with van der Waals surface area (Å²) in [5.74, 6) is 0. The zero-order chi connectivity index (χ0) is 13.7. The number of thiophene rings is 1. The van der Waals surface area contributed by atoms with Crippen LogP contribution in [0.25, 0.3) is 21.6 Å². The molecule has 0 saturated carbocycles. The van der Waals surface area contributed by atoms with Gasteiger partial charge in [-0.05, 0) is 70.7 Å². The molecule has 4 rings (SSSR count). The van der Waals surface area contributed by atoms with Gasteiger partial charge in [0.25, 0.3) is 0 Å². The van der Waals surface area contributed by atoms with Crippen molar-refractivity contribution in [2.75, 3.05) is 0 Å². The third kappa shape index (κ3) is 1.66. The molecule has 1 heterocycles. The van der Waals surface area contributed by atoms with Crippen molar-refractivity contribution in [1.82, 2.24) is 0 Å². The highest BCUT2D eigenvalue weighted by Crippen LogP contribution is 2.40. The Balaban J connectivity index is 1.85. The van der Waals surface area contributed by atoms with Crippen molar-refractivity contribution in [3.63, 3.8) is 0 Å². The molecule has 0 amide bonds. The lowest BCUT2D eigenvalue weighted by Crippen LogP contribution is -1.83. The van der Waals surface area contributed by atoms with E-state index in [1.165, 1.54) is 43.8 Å². The second-order valence-electron chi connectivity index (χ2n) is 5.58. The number of fused-ring (bicyclic) bond motifs is 3. The highest BCUT2D eigenvalue weighted by atomic mass is 32.1. The quantitative estimate of drug-likeness (QED) is 0.424. The van der Waals surface area contributed by atoms with Gasteiger partial charge in [-0.25, -0.2) is 0 Å². The first kappa shape index (κ1) is 11.9. The summed E-state index contributed by atoms with van der Waals surface area (Å²) in [6, 6.07) is 15.7. The predicted molar refractivity (Wildman–Crippen MR) is 87.5 cm³/mol. The van der Waals surface area contributed by atoms with E-state index >= 15 is 0 Å². The molecule has 1 aliphatic rings. The molecule has 1 aromatic heterocycles. The van der Waals surface area contributed by atoms with Gasteiger partial charge < -0.3 is 0 Å². The minimum Gasteiger partial charge on any atom is -0.143 e. The van der Waals surface area contributed by atoms with E-state index in [4.69, 9.17) is 0 Å². The average molecular weight is 276 g/mol. The lowest BCUT2D eigenvalue weighted by Gasteiger charge is -2.05. The van der Waals surface area contributed by atoms with Gasteiger partial charge in [-0.1, -0.05) is 36.4 Å². The van der Waals surface area contributed by atoms with Crippen LogP contribution >= 0.6 is 11.3 Å². The molecule has 2 aromatic carbocycles. The van der Waals surface area contributed by atoms with E-state index in [0.717, 1.165) is 6.42 Å². The molecule has 0 radical (unpaired) electrons. The third-order valence-electron chi connectivity index (χ3n) is 4.34. The summed E-state index contributed by atoms with van der Waals surface area (Å²) in [6.07, 6.45) is 1.07. The molecule has 0 bridgehead atoms. The van der Waals surface area contributed by atoms with Crippen molar-refractivity contribution >= 4 is 11.3 Å². The Kier molecular flexibility index (Phi) is 2.58. The SMILES string of the molecule is Cc1csc(-c2ccc3c(c2)Cc2ccccc2-3)c1C. The molecule has 1 heteroatoms. The molecule has 0 fully saturated rings. The van der Waals surface area contributed by atoms with Crippen LogP contribution in [-0.2, 0) is 6.42 Å². The Morgan fingerprint density at radius 3 is 2.50 bits per heavy atom. The molecule has 0 N–H and O–H groups in total. The van der Waals surface area contributed by atoms with E-state index in [2.05, 4.69) is 61.7 Å². The molecule has 1 aliphatic carbocycles. The van der Waals surface area contributed by atoms with Crippen LogP contribution in [0.1, 0.15) is 22.3 Å². The number of aryl methyl sites for hydroxylation is 1. The van der Waals surface area contributed by atoms with E-state index < -0.39 is 0 Å². The van der Waals surface area contributed by atoms with Gasteiger partial charge in [0.15, 0.2) is 0 Å². The Morgan fingerprint density at radius 2 is 1.70 bits per heavy atom. The predicted octanol–water partition coefficient (Wildman–Crippen LogP) is 5.60. The fraction of sp³-hybridized carbons (Fsp3) is 0.158. The van der Waals surface area contributed by atoms with Crippen LogP contribution in [0, 0.1) is 13.8 Å². The monoisotopic (exact) mass is 276 g/mol. The number of rotatable bonds is 1. The summed E-state index contributed by atoms with van der Waals surface area (Å²) in [6.45, 7) is 4.42. The smallest absolute Gasteiger partial charge is 0.0374 e. The van der Waals surface area contributed by atoms with Crippen LogP contribution in [-0.4, -0.2) is 0 Å². The minimum absolute atomic E-state index is 1.07. The lowest BCUT2D eigenvalue weighted by molar-refractivity contribution is 1.26. The first-order valence-corrected chi connectivity index (χ1v) is 7.88. The second-order valence-corrected chi connectivity index (χ2v) is 6.46. The molecule has 0 unspecified atom stereocenters. The Labute approximate surface area is 123 Å². The van der Waals surface area contributed by atoms with Crippen LogP contribution in [0.3, 0.4) is 0 Å². The highest BCUT2D eigenvalue weighted by Gasteiger charge is 2.18. The maximum absolute atomic E-state index is 2.38. The minimum atomic E-state index is 1.07. The molecule has 0 spiro atoms.